The number of nitrogens with one attached hydrogen (secondary N) is 1. The smallest absolute Gasteiger partial charge is 0.409 e. The molecule has 1 aromatic rings. The highest BCUT2D eigenvalue weighted by molar-refractivity contribution is 7.89. The van der Waals surface area contributed by atoms with Crippen LogP contribution in [0.25, 0.3) is 0 Å². The maximum absolute atomic E-state index is 12.4. The minimum Gasteiger partial charge on any atom is -0.450 e. The molecule has 1 amide bonds. The van der Waals surface area contributed by atoms with Gasteiger partial charge >= 0.3 is 6.09 Å². The molecule has 0 aliphatic carbocycles. The minimum atomic E-state index is -3.69. The van der Waals surface area contributed by atoms with Gasteiger partial charge < -0.3 is 9.64 Å². The average Bonchev–Trinajstić information content (AvgIpc) is 2.56. The van der Waals surface area contributed by atoms with Crippen LogP contribution in [0, 0.1) is 13.8 Å². The van der Waals surface area contributed by atoms with Crippen molar-refractivity contribution < 1.29 is 17.9 Å². The van der Waals surface area contributed by atoms with Crippen LogP contribution in [0.4, 0.5) is 4.79 Å². The Kier molecular flexibility index (Phi) is 5.82. The number of carbonyl (C=O) groups excluding carboxylic acids is 1. The molecule has 0 spiro atoms. The molecule has 1 aromatic carbocycles. The van der Waals surface area contributed by atoms with Crippen LogP contribution in [0.5, 0.6) is 0 Å². The summed E-state index contributed by atoms with van der Waals surface area (Å²) in [4.78, 5) is 15.8. The molecule has 1 fully saturated rings. The zero-order valence-electron chi connectivity index (χ0n) is 14.2. The van der Waals surface area contributed by atoms with Crippen molar-refractivity contribution in [3.05, 3.63) is 29.3 Å². The SMILES string of the molecule is CCOC(=O)N1CCC(=NNS(=O)(=O)c2cc(C)ccc2C)CC1. The lowest BCUT2D eigenvalue weighted by atomic mass is 10.1. The van der Waals surface area contributed by atoms with Crippen LogP contribution in [0.15, 0.2) is 28.2 Å². The van der Waals surface area contributed by atoms with Crippen LogP contribution in [-0.2, 0) is 14.8 Å². The Morgan fingerprint density at radius 2 is 1.96 bits per heavy atom. The normalized spacial score (nSPS) is 15.1. The maximum atomic E-state index is 12.4. The number of carbonyl (C=O) groups is 1. The second-order valence-electron chi connectivity index (χ2n) is 5.73. The number of hydrazone groups is 1. The van der Waals surface area contributed by atoms with E-state index in [1.54, 1.807) is 30.9 Å². The minimum absolute atomic E-state index is 0.232. The molecule has 1 heterocycles. The quantitative estimate of drug-likeness (QED) is 0.841. The molecule has 24 heavy (non-hydrogen) atoms. The fourth-order valence-corrected chi connectivity index (χ4v) is 3.63. The first-order valence-electron chi connectivity index (χ1n) is 7.89. The lowest BCUT2D eigenvalue weighted by Gasteiger charge is -2.26. The fourth-order valence-electron chi connectivity index (χ4n) is 2.44. The predicted molar refractivity (Wildman–Crippen MR) is 91.5 cm³/mol. The summed E-state index contributed by atoms with van der Waals surface area (Å²) in [5, 5.41) is 4.04. The van der Waals surface area contributed by atoms with E-state index in [-0.39, 0.29) is 11.0 Å². The molecule has 1 N–H and O–H groups in total. The van der Waals surface area contributed by atoms with Gasteiger partial charge in [0.2, 0.25) is 0 Å². The van der Waals surface area contributed by atoms with E-state index in [0.717, 1.165) is 11.3 Å². The van der Waals surface area contributed by atoms with E-state index in [2.05, 4.69) is 9.93 Å². The van der Waals surface area contributed by atoms with Crippen molar-refractivity contribution in [1.82, 2.24) is 9.73 Å². The van der Waals surface area contributed by atoms with Gasteiger partial charge in [0.15, 0.2) is 0 Å². The summed E-state index contributed by atoms with van der Waals surface area (Å²) in [6.45, 7) is 6.64. The number of rotatable bonds is 4. The maximum Gasteiger partial charge on any atom is 0.409 e. The first-order valence-corrected chi connectivity index (χ1v) is 9.38. The number of hydrogen-bond donors (Lipinski definition) is 1. The van der Waals surface area contributed by atoms with Crippen LogP contribution >= 0.6 is 0 Å². The molecule has 0 radical (unpaired) electrons. The summed E-state index contributed by atoms with van der Waals surface area (Å²) >= 11 is 0. The number of likely N-dealkylation sites (tertiary alicyclic amines) is 1. The number of amides is 1. The molecular formula is C16H23N3O4S. The summed E-state index contributed by atoms with van der Waals surface area (Å²) in [6.07, 6.45) is 0.704. The third-order valence-electron chi connectivity index (χ3n) is 3.82. The Bertz CT molecular complexity index is 734. The Balaban J connectivity index is 2.01. The summed E-state index contributed by atoms with van der Waals surface area (Å²) in [6, 6.07) is 5.27. The molecule has 2 rings (SSSR count). The van der Waals surface area contributed by atoms with E-state index < -0.39 is 10.0 Å². The van der Waals surface area contributed by atoms with E-state index >= 15 is 0 Å². The fraction of sp³-hybridized carbons (Fsp3) is 0.500. The number of sulfonamides is 1. The highest BCUT2D eigenvalue weighted by Crippen LogP contribution is 2.17. The second kappa shape index (κ2) is 7.65. The van der Waals surface area contributed by atoms with Gasteiger partial charge in [-0.3, -0.25) is 0 Å². The van der Waals surface area contributed by atoms with Crippen molar-refractivity contribution in [1.29, 1.82) is 0 Å². The lowest BCUT2D eigenvalue weighted by Crippen LogP contribution is -2.39. The topological polar surface area (TPSA) is 88.1 Å². The number of benzene rings is 1. The van der Waals surface area contributed by atoms with Gasteiger partial charge in [0, 0.05) is 31.6 Å². The molecule has 1 saturated heterocycles. The number of piperidine rings is 1. The first kappa shape index (κ1) is 18.3. The molecule has 8 heteroatoms. The summed E-state index contributed by atoms with van der Waals surface area (Å²) < 4.78 is 29.8. The molecule has 1 aliphatic heterocycles. The van der Waals surface area contributed by atoms with E-state index in [1.165, 1.54) is 0 Å². The molecule has 0 atom stereocenters. The molecule has 7 nitrogen and oxygen atoms in total. The zero-order chi connectivity index (χ0) is 17.7. The van der Waals surface area contributed by atoms with Crippen molar-refractivity contribution in [3.8, 4) is 0 Å². The standard InChI is InChI=1S/C16H23N3O4S/c1-4-23-16(20)19-9-7-14(8-10-19)17-18-24(21,22)15-11-12(2)5-6-13(15)3/h5-6,11,18H,4,7-10H2,1-3H3. The van der Waals surface area contributed by atoms with Crippen molar-refractivity contribution >= 4 is 21.8 Å². The Hall–Kier alpha value is -2.09. The molecule has 0 saturated carbocycles. The third-order valence-corrected chi connectivity index (χ3v) is 5.17. The van der Waals surface area contributed by atoms with E-state index in [4.69, 9.17) is 4.74 Å². The van der Waals surface area contributed by atoms with Crippen molar-refractivity contribution in [2.24, 2.45) is 5.10 Å². The van der Waals surface area contributed by atoms with Crippen molar-refractivity contribution in [2.75, 3.05) is 19.7 Å². The third kappa shape index (κ3) is 4.47. The van der Waals surface area contributed by atoms with Gasteiger partial charge in [-0.05, 0) is 38.0 Å². The lowest BCUT2D eigenvalue weighted by molar-refractivity contribution is 0.107. The number of nitrogens with zero attached hydrogens (tertiary/aromatic N) is 2. The van der Waals surface area contributed by atoms with E-state index in [1.807, 2.05) is 13.0 Å². The van der Waals surface area contributed by atoms with E-state index in [0.29, 0.717) is 38.1 Å². The Morgan fingerprint density at radius 3 is 2.58 bits per heavy atom. The van der Waals surface area contributed by atoms with Crippen LogP contribution in [0.3, 0.4) is 0 Å². The van der Waals surface area contributed by atoms with Gasteiger partial charge in [0.05, 0.1) is 11.5 Å². The van der Waals surface area contributed by atoms with Crippen LogP contribution < -0.4 is 4.83 Å². The van der Waals surface area contributed by atoms with Crippen LogP contribution in [0.1, 0.15) is 30.9 Å². The molecular weight excluding hydrogens is 330 g/mol. The predicted octanol–water partition coefficient (Wildman–Crippen LogP) is 2.19. The average molecular weight is 353 g/mol. The van der Waals surface area contributed by atoms with Gasteiger partial charge in [0.25, 0.3) is 10.0 Å². The largest absolute Gasteiger partial charge is 0.450 e. The van der Waals surface area contributed by atoms with Crippen LogP contribution in [0.2, 0.25) is 0 Å². The van der Waals surface area contributed by atoms with Gasteiger partial charge in [0.1, 0.15) is 0 Å². The summed E-state index contributed by atoms with van der Waals surface area (Å²) in [7, 11) is -3.69. The second-order valence-corrected chi connectivity index (χ2v) is 7.36. The molecule has 132 valence electrons. The number of aryl methyl sites for hydroxylation is 2. The molecule has 0 bridgehead atoms. The molecule has 0 unspecified atom stereocenters. The van der Waals surface area contributed by atoms with Gasteiger partial charge in [-0.15, -0.1) is 0 Å². The highest BCUT2D eigenvalue weighted by Gasteiger charge is 2.22. The highest BCUT2D eigenvalue weighted by atomic mass is 32.2. The van der Waals surface area contributed by atoms with E-state index in [9.17, 15) is 13.2 Å². The van der Waals surface area contributed by atoms with Gasteiger partial charge in [-0.25, -0.2) is 9.63 Å². The molecule has 0 aromatic heterocycles. The summed E-state index contributed by atoms with van der Waals surface area (Å²) in [5.74, 6) is 0. The Morgan fingerprint density at radius 1 is 1.29 bits per heavy atom. The number of hydrogen-bond acceptors (Lipinski definition) is 5. The van der Waals surface area contributed by atoms with Gasteiger partial charge in [-0.2, -0.15) is 13.5 Å². The molecule has 1 aliphatic rings. The Labute approximate surface area is 142 Å². The van der Waals surface area contributed by atoms with Gasteiger partial charge in [-0.1, -0.05) is 12.1 Å². The van der Waals surface area contributed by atoms with Crippen molar-refractivity contribution in [2.45, 2.75) is 38.5 Å². The van der Waals surface area contributed by atoms with Crippen molar-refractivity contribution in [3.63, 3.8) is 0 Å². The number of ether oxygens (including phenoxy) is 1. The summed E-state index contributed by atoms with van der Waals surface area (Å²) in [5.41, 5.74) is 2.27. The monoisotopic (exact) mass is 353 g/mol. The zero-order valence-corrected chi connectivity index (χ0v) is 15.0. The van der Waals surface area contributed by atoms with Crippen LogP contribution in [-0.4, -0.2) is 44.8 Å². The first-order chi connectivity index (χ1) is 11.3.